The largest absolute Gasteiger partial charge is 0.309 e. The fraction of sp³-hybridized carbons (Fsp3) is 0. The first-order valence-electron chi connectivity index (χ1n) is 15.0. The van der Waals surface area contributed by atoms with Gasteiger partial charge in [0.1, 0.15) is 0 Å². The van der Waals surface area contributed by atoms with Gasteiger partial charge in [0.2, 0.25) is 0 Å². The molecule has 44 heavy (non-hydrogen) atoms. The molecule has 0 amide bonds. The van der Waals surface area contributed by atoms with E-state index in [1.165, 1.54) is 76.1 Å². The lowest BCUT2D eigenvalue weighted by Crippen LogP contribution is -2.11. The maximum Gasteiger partial charge on any atom is 0.0540 e. The minimum absolute atomic E-state index is 1.15. The zero-order valence-electron chi connectivity index (χ0n) is 23.9. The van der Waals surface area contributed by atoms with Crippen molar-refractivity contribution in [2.75, 3.05) is 4.90 Å². The third-order valence-corrected chi connectivity index (χ3v) is 9.97. The lowest BCUT2D eigenvalue weighted by molar-refractivity contribution is 1.29. The Kier molecular flexibility index (Phi) is 5.75. The number of para-hydroxylation sites is 1. The van der Waals surface area contributed by atoms with Crippen LogP contribution in [0, 0.1) is 0 Å². The van der Waals surface area contributed by atoms with Gasteiger partial charge >= 0.3 is 0 Å². The van der Waals surface area contributed by atoms with Gasteiger partial charge in [0.05, 0.1) is 11.4 Å². The summed E-state index contributed by atoms with van der Waals surface area (Å²) in [5.74, 6) is 0. The van der Waals surface area contributed by atoms with Crippen molar-refractivity contribution in [1.29, 1.82) is 0 Å². The summed E-state index contributed by atoms with van der Waals surface area (Å²) in [5, 5.41) is 2.65. The number of thiophene rings is 1. The summed E-state index contributed by atoms with van der Waals surface area (Å²) in [6.07, 6.45) is 0. The number of nitrogens with zero attached hydrogens (tertiary/aromatic N) is 1. The Morgan fingerprint density at radius 2 is 0.864 bits per heavy atom. The summed E-state index contributed by atoms with van der Waals surface area (Å²) < 4.78 is 2.66. The molecule has 0 unspecified atom stereocenters. The Bertz CT molecular complexity index is 2330. The third kappa shape index (κ3) is 4.00. The molecule has 1 aliphatic rings. The molecule has 0 spiro atoms. The molecule has 0 radical (unpaired) electrons. The highest BCUT2D eigenvalue weighted by atomic mass is 32.1. The normalized spacial score (nSPS) is 12.0. The second kappa shape index (κ2) is 10.1. The molecule has 0 aliphatic carbocycles. The molecule has 0 saturated carbocycles. The van der Waals surface area contributed by atoms with Crippen LogP contribution in [-0.2, 0) is 0 Å². The Labute approximate surface area is 260 Å². The van der Waals surface area contributed by atoms with E-state index >= 15 is 0 Å². The Balaban J connectivity index is 1.29. The van der Waals surface area contributed by atoms with E-state index in [2.05, 4.69) is 169 Å². The second-order valence-electron chi connectivity index (χ2n) is 11.4. The number of fused-ring (bicyclic) bond motifs is 8. The number of hydrogen-bond donors (Lipinski definition) is 0. The SMILES string of the molecule is c1ccc(-c2ccc3c(c2)-c2ccccc2-c2cc(-c4ccc5sc6ccccc6c5c4)ccc2N3c2ccccc2)cc1. The summed E-state index contributed by atoms with van der Waals surface area (Å²) in [4.78, 5) is 2.43. The van der Waals surface area contributed by atoms with Gasteiger partial charge in [-0.05, 0) is 88.0 Å². The van der Waals surface area contributed by atoms with E-state index in [0.717, 1.165) is 5.69 Å². The van der Waals surface area contributed by atoms with Crippen LogP contribution in [0.25, 0.3) is 64.7 Å². The maximum absolute atomic E-state index is 2.43. The molecule has 7 aromatic carbocycles. The molecule has 0 saturated heterocycles. The van der Waals surface area contributed by atoms with Crippen LogP contribution in [0.4, 0.5) is 17.1 Å². The van der Waals surface area contributed by atoms with Crippen LogP contribution in [0.5, 0.6) is 0 Å². The van der Waals surface area contributed by atoms with Crippen LogP contribution in [0.15, 0.2) is 164 Å². The lowest BCUT2D eigenvalue weighted by atomic mass is 9.91. The number of anilines is 3. The fourth-order valence-electron chi connectivity index (χ4n) is 6.73. The second-order valence-corrected chi connectivity index (χ2v) is 12.4. The molecular weight excluding hydrogens is 551 g/mol. The highest BCUT2D eigenvalue weighted by Crippen LogP contribution is 2.52. The molecule has 2 heteroatoms. The Morgan fingerprint density at radius 1 is 0.341 bits per heavy atom. The van der Waals surface area contributed by atoms with Crippen molar-refractivity contribution in [3.05, 3.63) is 164 Å². The van der Waals surface area contributed by atoms with Gasteiger partial charge < -0.3 is 4.90 Å². The Morgan fingerprint density at radius 3 is 1.57 bits per heavy atom. The van der Waals surface area contributed by atoms with Gasteiger partial charge in [-0.3, -0.25) is 0 Å². The summed E-state index contributed by atoms with van der Waals surface area (Å²) >= 11 is 1.87. The topological polar surface area (TPSA) is 3.24 Å². The molecule has 0 bridgehead atoms. The molecule has 206 valence electrons. The predicted octanol–water partition coefficient (Wildman–Crippen LogP) is 12.5. The van der Waals surface area contributed by atoms with Crippen LogP contribution in [0.2, 0.25) is 0 Å². The number of benzene rings is 7. The zero-order chi connectivity index (χ0) is 29.0. The van der Waals surface area contributed by atoms with Crippen LogP contribution in [0.1, 0.15) is 0 Å². The number of hydrogen-bond acceptors (Lipinski definition) is 2. The quantitative estimate of drug-likeness (QED) is 0.202. The van der Waals surface area contributed by atoms with E-state index in [1.807, 2.05) is 11.3 Å². The molecule has 8 aromatic rings. The monoisotopic (exact) mass is 577 g/mol. The highest BCUT2D eigenvalue weighted by molar-refractivity contribution is 7.25. The average Bonchev–Trinajstić information content (AvgIpc) is 3.42. The maximum atomic E-state index is 2.43. The van der Waals surface area contributed by atoms with Gasteiger partial charge in [-0.1, -0.05) is 109 Å². The van der Waals surface area contributed by atoms with Gasteiger partial charge in [-0.2, -0.15) is 0 Å². The van der Waals surface area contributed by atoms with E-state index < -0.39 is 0 Å². The van der Waals surface area contributed by atoms with Gasteiger partial charge in [-0.15, -0.1) is 11.3 Å². The molecule has 0 atom stereocenters. The van der Waals surface area contributed by atoms with Crippen molar-refractivity contribution in [2.24, 2.45) is 0 Å². The fourth-order valence-corrected chi connectivity index (χ4v) is 7.81. The molecular formula is C42H27NS. The van der Waals surface area contributed by atoms with Crippen molar-refractivity contribution >= 4 is 48.6 Å². The molecule has 0 fully saturated rings. The smallest absolute Gasteiger partial charge is 0.0540 e. The highest BCUT2D eigenvalue weighted by Gasteiger charge is 2.26. The minimum Gasteiger partial charge on any atom is -0.309 e. The first-order valence-corrected chi connectivity index (χ1v) is 15.8. The standard InChI is InChI=1S/C42H27NS/c1-3-11-28(12-4-1)29-19-22-39-36(25-29)33-15-7-8-16-34(33)37-26-30(20-23-40(37)43(39)32-13-5-2-6-14-32)31-21-24-42-38(27-31)35-17-9-10-18-41(35)44-42/h1-27H. The van der Waals surface area contributed by atoms with Gasteiger partial charge in [0, 0.05) is 37.0 Å². The minimum atomic E-state index is 1.15. The molecule has 9 rings (SSSR count). The predicted molar refractivity (Wildman–Crippen MR) is 189 cm³/mol. The van der Waals surface area contributed by atoms with Crippen molar-refractivity contribution in [2.45, 2.75) is 0 Å². The van der Waals surface area contributed by atoms with Crippen LogP contribution in [0.3, 0.4) is 0 Å². The van der Waals surface area contributed by atoms with Gasteiger partial charge in [0.25, 0.3) is 0 Å². The summed E-state index contributed by atoms with van der Waals surface area (Å²) in [6.45, 7) is 0. The molecule has 2 heterocycles. The van der Waals surface area contributed by atoms with Crippen LogP contribution in [-0.4, -0.2) is 0 Å². The third-order valence-electron chi connectivity index (χ3n) is 8.81. The average molecular weight is 578 g/mol. The summed E-state index contributed by atoms with van der Waals surface area (Å²) in [5.41, 5.74) is 13.4. The van der Waals surface area contributed by atoms with Gasteiger partial charge in [-0.25, -0.2) is 0 Å². The van der Waals surface area contributed by atoms with E-state index in [4.69, 9.17) is 0 Å². The van der Waals surface area contributed by atoms with Crippen molar-refractivity contribution in [1.82, 2.24) is 0 Å². The molecule has 1 nitrogen and oxygen atoms in total. The molecule has 1 aliphatic heterocycles. The summed E-state index contributed by atoms with van der Waals surface area (Å²) in [6, 6.07) is 59.9. The zero-order valence-corrected chi connectivity index (χ0v) is 24.8. The van der Waals surface area contributed by atoms with Crippen molar-refractivity contribution < 1.29 is 0 Å². The van der Waals surface area contributed by atoms with Crippen LogP contribution >= 0.6 is 11.3 Å². The van der Waals surface area contributed by atoms with Crippen LogP contribution < -0.4 is 4.90 Å². The molecule has 0 N–H and O–H groups in total. The summed E-state index contributed by atoms with van der Waals surface area (Å²) in [7, 11) is 0. The first-order chi connectivity index (χ1) is 21.8. The lowest BCUT2D eigenvalue weighted by Gasteiger charge is -2.28. The van der Waals surface area contributed by atoms with E-state index in [0.29, 0.717) is 0 Å². The van der Waals surface area contributed by atoms with Crippen molar-refractivity contribution in [3.8, 4) is 44.5 Å². The Hall–Kier alpha value is -5.44. The number of rotatable bonds is 3. The molecule has 1 aromatic heterocycles. The van der Waals surface area contributed by atoms with E-state index in [1.54, 1.807) is 0 Å². The van der Waals surface area contributed by atoms with E-state index in [-0.39, 0.29) is 0 Å². The van der Waals surface area contributed by atoms with Gasteiger partial charge in [0.15, 0.2) is 0 Å². The van der Waals surface area contributed by atoms with E-state index in [9.17, 15) is 0 Å². The first kappa shape index (κ1) is 25.1. The van der Waals surface area contributed by atoms with Crippen molar-refractivity contribution in [3.63, 3.8) is 0 Å².